The molecule has 1 aliphatic heterocycles. The molecule has 0 radical (unpaired) electrons. The summed E-state index contributed by atoms with van der Waals surface area (Å²) in [5.41, 5.74) is 0.749. The van der Waals surface area contributed by atoms with Crippen molar-refractivity contribution in [3.8, 4) is 0 Å². The standard InChI is InChI=1S/C15H21N3O2/c1-16-6-8-18(9-7-16)14(19)11-17-5-4-13(10-17)15(20)12-2-3-12/h4-5,10,12H,2-3,6-9,11H2,1H3. The third kappa shape index (κ3) is 2.93. The number of piperazine rings is 1. The lowest BCUT2D eigenvalue weighted by Crippen LogP contribution is -2.48. The van der Waals surface area contributed by atoms with E-state index in [1.807, 2.05) is 27.9 Å². The molecule has 0 N–H and O–H groups in total. The summed E-state index contributed by atoms with van der Waals surface area (Å²) in [6.45, 7) is 3.79. The van der Waals surface area contributed by atoms with E-state index in [0.717, 1.165) is 44.6 Å². The van der Waals surface area contributed by atoms with Gasteiger partial charge in [0, 0.05) is 50.1 Å². The number of hydrogen-bond acceptors (Lipinski definition) is 3. The number of rotatable bonds is 4. The number of amides is 1. The average Bonchev–Trinajstić information content (AvgIpc) is 3.19. The molecular weight excluding hydrogens is 254 g/mol. The van der Waals surface area contributed by atoms with Crippen molar-refractivity contribution in [2.45, 2.75) is 19.4 Å². The maximum Gasteiger partial charge on any atom is 0.242 e. The van der Waals surface area contributed by atoms with Crippen LogP contribution in [0.5, 0.6) is 0 Å². The monoisotopic (exact) mass is 275 g/mol. The second kappa shape index (κ2) is 5.40. The second-order valence-corrected chi connectivity index (χ2v) is 5.90. The Kier molecular flexibility index (Phi) is 3.61. The molecule has 0 unspecified atom stereocenters. The Hall–Kier alpha value is -1.62. The van der Waals surface area contributed by atoms with Crippen LogP contribution < -0.4 is 0 Å². The minimum atomic E-state index is 0.138. The summed E-state index contributed by atoms with van der Waals surface area (Å²) in [5, 5.41) is 0. The Bertz CT molecular complexity index is 511. The summed E-state index contributed by atoms with van der Waals surface area (Å²) < 4.78 is 1.83. The van der Waals surface area contributed by atoms with Gasteiger partial charge in [-0.15, -0.1) is 0 Å². The van der Waals surface area contributed by atoms with Crippen LogP contribution in [0.1, 0.15) is 23.2 Å². The summed E-state index contributed by atoms with van der Waals surface area (Å²) in [5.74, 6) is 0.606. The number of carbonyl (C=O) groups is 2. The van der Waals surface area contributed by atoms with E-state index in [1.165, 1.54) is 0 Å². The van der Waals surface area contributed by atoms with Crippen LogP contribution in [0.25, 0.3) is 0 Å². The number of carbonyl (C=O) groups excluding carboxylic acids is 2. The van der Waals surface area contributed by atoms with Crippen LogP contribution in [0.2, 0.25) is 0 Å². The fourth-order valence-corrected chi connectivity index (χ4v) is 2.58. The zero-order chi connectivity index (χ0) is 14.1. The number of hydrogen-bond donors (Lipinski definition) is 0. The zero-order valence-electron chi connectivity index (χ0n) is 11.9. The normalized spacial score (nSPS) is 20.1. The van der Waals surface area contributed by atoms with Gasteiger partial charge in [0.05, 0.1) is 0 Å². The molecular formula is C15H21N3O2. The first kappa shape index (κ1) is 13.4. The van der Waals surface area contributed by atoms with Gasteiger partial charge in [0.1, 0.15) is 6.54 Å². The van der Waals surface area contributed by atoms with Gasteiger partial charge in [0.15, 0.2) is 5.78 Å². The van der Waals surface area contributed by atoms with Crippen LogP contribution in [0.3, 0.4) is 0 Å². The van der Waals surface area contributed by atoms with Crippen molar-refractivity contribution in [3.05, 3.63) is 24.0 Å². The molecule has 0 atom stereocenters. The van der Waals surface area contributed by atoms with E-state index < -0.39 is 0 Å². The molecule has 2 fully saturated rings. The summed E-state index contributed by atoms with van der Waals surface area (Å²) in [7, 11) is 2.07. The van der Waals surface area contributed by atoms with Crippen LogP contribution in [0.4, 0.5) is 0 Å². The molecule has 1 saturated heterocycles. The highest BCUT2D eigenvalue weighted by molar-refractivity contribution is 5.99. The van der Waals surface area contributed by atoms with E-state index in [-0.39, 0.29) is 17.6 Å². The lowest BCUT2D eigenvalue weighted by Gasteiger charge is -2.32. The number of aromatic nitrogens is 1. The summed E-state index contributed by atoms with van der Waals surface area (Å²) >= 11 is 0. The SMILES string of the molecule is CN1CCN(C(=O)Cn2ccc(C(=O)C3CC3)c2)CC1. The van der Waals surface area contributed by atoms with Crippen molar-refractivity contribution >= 4 is 11.7 Å². The molecule has 1 saturated carbocycles. The Balaban J connectivity index is 1.57. The number of Topliss-reactive ketones (excluding diaryl/α,β-unsaturated/α-hetero) is 1. The van der Waals surface area contributed by atoms with Crippen molar-refractivity contribution < 1.29 is 9.59 Å². The first-order valence-electron chi connectivity index (χ1n) is 7.30. The van der Waals surface area contributed by atoms with Crippen molar-refractivity contribution in [1.29, 1.82) is 0 Å². The van der Waals surface area contributed by atoms with E-state index in [1.54, 1.807) is 0 Å². The van der Waals surface area contributed by atoms with E-state index in [2.05, 4.69) is 11.9 Å². The van der Waals surface area contributed by atoms with Gasteiger partial charge in [-0.1, -0.05) is 0 Å². The van der Waals surface area contributed by atoms with Gasteiger partial charge in [-0.3, -0.25) is 9.59 Å². The third-order valence-corrected chi connectivity index (χ3v) is 4.16. The number of nitrogens with zero attached hydrogens (tertiary/aromatic N) is 3. The molecule has 1 aromatic rings. The van der Waals surface area contributed by atoms with Crippen molar-refractivity contribution in [3.63, 3.8) is 0 Å². The van der Waals surface area contributed by atoms with Crippen molar-refractivity contribution in [2.75, 3.05) is 33.2 Å². The molecule has 0 bridgehead atoms. The summed E-state index contributed by atoms with van der Waals surface area (Å²) in [6, 6.07) is 1.83. The molecule has 20 heavy (non-hydrogen) atoms. The van der Waals surface area contributed by atoms with Gasteiger partial charge in [-0.05, 0) is 26.0 Å². The van der Waals surface area contributed by atoms with Gasteiger partial charge < -0.3 is 14.4 Å². The second-order valence-electron chi connectivity index (χ2n) is 5.90. The summed E-state index contributed by atoms with van der Waals surface area (Å²) in [6.07, 6.45) is 5.69. The van der Waals surface area contributed by atoms with Gasteiger partial charge in [0.2, 0.25) is 5.91 Å². The van der Waals surface area contributed by atoms with Crippen LogP contribution in [-0.4, -0.2) is 59.3 Å². The van der Waals surface area contributed by atoms with Crippen LogP contribution in [-0.2, 0) is 11.3 Å². The Morgan fingerprint density at radius 2 is 1.90 bits per heavy atom. The van der Waals surface area contributed by atoms with Gasteiger partial charge in [-0.25, -0.2) is 0 Å². The number of likely N-dealkylation sites (N-methyl/N-ethyl adjacent to an activating group) is 1. The first-order valence-corrected chi connectivity index (χ1v) is 7.30. The topological polar surface area (TPSA) is 45.5 Å². The van der Waals surface area contributed by atoms with Gasteiger partial charge >= 0.3 is 0 Å². The molecule has 1 aromatic heterocycles. The molecule has 108 valence electrons. The predicted octanol–water partition coefficient (Wildman–Crippen LogP) is 0.855. The third-order valence-electron chi connectivity index (χ3n) is 4.16. The Morgan fingerprint density at radius 3 is 2.55 bits per heavy atom. The molecule has 2 heterocycles. The molecule has 1 aliphatic carbocycles. The largest absolute Gasteiger partial charge is 0.344 e. The predicted molar refractivity (Wildman–Crippen MR) is 75.6 cm³/mol. The highest BCUT2D eigenvalue weighted by atomic mass is 16.2. The van der Waals surface area contributed by atoms with E-state index in [9.17, 15) is 9.59 Å². The van der Waals surface area contributed by atoms with E-state index in [4.69, 9.17) is 0 Å². The smallest absolute Gasteiger partial charge is 0.242 e. The average molecular weight is 275 g/mol. The molecule has 2 aliphatic rings. The highest BCUT2D eigenvalue weighted by Gasteiger charge is 2.30. The first-order chi connectivity index (χ1) is 9.63. The maximum absolute atomic E-state index is 12.2. The lowest BCUT2D eigenvalue weighted by atomic mass is 10.1. The van der Waals surface area contributed by atoms with Gasteiger partial charge in [-0.2, -0.15) is 0 Å². The molecule has 3 rings (SSSR count). The van der Waals surface area contributed by atoms with Crippen LogP contribution >= 0.6 is 0 Å². The quantitative estimate of drug-likeness (QED) is 0.766. The molecule has 0 spiro atoms. The summed E-state index contributed by atoms with van der Waals surface area (Å²) in [4.78, 5) is 28.3. The van der Waals surface area contributed by atoms with Crippen molar-refractivity contribution in [2.24, 2.45) is 5.92 Å². The molecule has 0 aromatic carbocycles. The van der Waals surface area contributed by atoms with Gasteiger partial charge in [0.25, 0.3) is 0 Å². The maximum atomic E-state index is 12.2. The Morgan fingerprint density at radius 1 is 1.20 bits per heavy atom. The Labute approximate surface area is 119 Å². The fourth-order valence-electron chi connectivity index (χ4n) is 2.58. The van der Waals surface area contributed by atoms with Crippen molar-refractivity contribution in [1.82, 2.24) is 14.4 Å². The van der Waals surface area contributed by atoms with E-state index in [0.29, 0.717) is 6.54 Å². The molecule has 5 nitrogen and oxygen atoms in total. The minimum Gasteiger partial charge on any atom is -0.344 e. The highest BCUT2D eigenvalue weighted by Crippen LogP contribution is 2.32. The van der Waals surface area contributed by atoms with Crippen LogP contribution in [0.15, 0.2) is 18.5 Å². The van der Waals surface area contributed by atoms with E-state index >= 15 is 0 Å². The minimum absolute atomic E-state index is 0.138. The fraction of sp³-hybridized carbons (Fsp3) is 0.600. The zero-order valence-corrected chi connectivity index (χ0v) is 11.9. The van der Waals surface area contributed by atoms with Crippen LogP contribution in [0, 0.1) is 5.92 Å². The lowest BCUT2D eigenvalue weighted by molar-refractivity contribution is -0.133. The molecule has 1 amide bonds. The number of ketones is 1. The molecule has 5 heteroatoms.